The molecular formula is C21H28N2O3. The minimum Gasteiger partial charge on any atom is -0.497 e. The fraction of sp³-hybridized carbons (Fsp3) is 0.429. The van der Waals surface area contributed by atoms with Crippen LogP contribution in [0.1, 0.15) is 50.8 Å². The van der Waals surface area contributed by atoms with Gasteiger partial charge in [-0.1, -0.05) is 44.9 Å². The van der Waals surface area contributed by atoms with Gasteiger partial charge in [0.25, 0.3) is 5.88 Å². The van der Waals surface area contributed by atoms with Crippen LogP contribution in [0.2, 0.25) is 0 Å². The Hall–Kier alpha value is -2.56. The molecule has 0 saturated heterocycles. The van der Waals surface area contributed by atoms with Gasteiger partial charge in [-0.3, -0.25) is 0 Å². The summed E-state index contributed by atoms with van der Waals surface area (Å²) >= 11 is 0. The zero-order valence-electron chi connectivity index (χ0n) is 15.9. The van der Waals surface area contributed by atoms with Crippen molar-refractivity contribution in [1.82, 2.24) is 10.2 Å². The molecule has 1 aromatic heterocycles. The molecule has 5 heteroatoms. The lowest BCUT2D eigenvalue weighted by Gasteiger charge is -2.11. The molecule has 26 heavy (non-hydrogen) atoms. The van der Waals surface area contributed by atoms with Gasteiger partial charge >= 0.3 is 0 Å². The van der Waals surface area contributed by atoms with Crippen molar-refractivity contribution in [2.75, 3.05) is 20.3 Å². The molecule has 2 aromatic rings. The van der Waals surface area contributed by atoms with E-state index in [1.165, 1.54) is 0 Å². The van der Waals surface area contributed by atoms with Crippen molar-refractivity contribution in [3.63, 3.8) is 0 Å². The summed E-state index contributed by atoms with van der Waals surface area (Å²) in [6, 6.07) is 9.71. The van der Waals surface area contributed by atoms with Crippen molar-refractivity contribution in [3.05, 3.63) is 41.6 Å². The molecule has 5 nitrogen and oxygen atoms in total. The highest BCUT2D eigenvalue weighted by Gasteiger charge is 2.09. The smallest absolute Gasteiger partial charge is 0.276 e. The Bertz CT molecular complexity index is 684. The van der Waals surface area contributed by atoms with Crippen molar-refractivity contribution in [2.45, 2.75) is 39.5 Å². The van der Waals surface area contributed by atoms with Gasteiger partial charge in [0.15, 0.2) is 5.75 Å². The molecule has 0 atom stereocenters. The van der Waals surface area contributed by atoms with Crippen LogP contribution in [-0.2, 0) is 0 Å². The standard InChI is InChI=1S/C21H28N2O3/c1-4-6-14-25-20-16-18(22-23-21(20)26-15-7-5-2)11-8-17-9-12-19(24-3)13-10-17/h8-13,16H,4-7,14-15H2,1-3H3/b11-8+. The van der Waals surface area contributed by atoms with Crippen molar-refractivity contribution in [3.8, 4) is 17.4 Å². The highest BCUT2D eigenvalue weighted by Crippen LogP contribution is 2.25. The van der Waals surface area contributed by atoms with Gasteiger partial charge in [-0.25, -0.2) is 0 Å². The van der Waals surface area contributed by atoms with Crippen molar-refractivity contribution in [2.24, 2.45) is 0 Å². The number of methoxy groups -OCH3 is 1. The van der Waals surface area contributed by atoms with E-state index in [4.69, 9.17) is 14.2 Å². The van der Waals surface area contributed by atoms with Gasteiger partial charge in [-0.05, 0) is 36.6 Å². The Morgan fingerprint density at radius 3 is 2.23 bits per heavy atom. The fourth-order valence-electron chi connectivity index (χ4n) is 2.20. The van der Waals surface area contributed by atoms with Gasteiger partial charge in [-0.2, -0.15) is 0 Å². The molecule has 0 unspecified atom stereocenters. The third-order valence-corrected chi connectivity index (χ3v) is 3.80. The minimum atomic E-state index is 0.469. The third kappa shape index (κ3) is 6.39. The molecule has 0 fully saturated rings. The number of hydrogen-bond donors (Lipinski definition) is 0. The second kappa shape index (κ2) is 11.1. The predicted octanol–water partition coefficient (Wildman–Crippen LogP) is 5.01. The van der Waals surface area contributed by atoms with E-state index < -0.39 is 0 Å². The second-order valence-corrected chi connectivity index (χ2v) is 5.95. The second-order valence-electron chi connectivity index (χ2n) is 5.95. The molecule has 0 radical (unpaired) electrons. The fourth-order valence-corrected chi connectivity index (χ4v) is 2.20. The van der Waals surface area contributed by atoms with Crippen LogP contribution in [0.4, 0.5) is 0 Å². The average molecular weight is 356 g/mol. The van der Waals surface area contributed by atoms with Crippen LogP contribution >= 0.6 is 0 Å². The number of aromatic nitrogens is 2. The lowest BCUT2D eigenvalue weighted by molar-refractivity contribution is 0.250. The van der Waals surface area contributed by atoms with Crippen LogP contribution in [0.15, 0.2) is 30.3 Å². The summed E-state index contributed by atoms with van der Waals surface area (Å²) < 4.78 is 16.7. The molecule has 0 amide bonds. The Balaban J connectivity index is 2.11. The van der Waals surface area contributed by atoms with Gasteiger partial charge in [0.1, 0.15) is 5.75 Å². The lowest BCUT2D eigenvalue weighted by atomic mass is 10.2. The number of unbranched alkanes of at least 4 members (excludes halogenated alkanes) is 2. The quantitative estimate of drug-likeness (QED) is 0.530. The normalized spacial score (nSPS) is 10.9. The summed E-state index contributed by atoms with van der Waals surface area (Å²) in [5.41, 5.74) is 1.79. The lowest BCUT2D eigenvalue weighted by Crippen LogP contribution is -2.05. The van der Waals surface area contributed by atoms with Gasteiger partial charge in [-0.15, -0.1) is 10.2 Å². The Morgan fingerprint density at radius 2 is 1.58 bits per heavy atom. The summed E-state index contributed by atoms with van der Waals surface area (Å²) in [5, 5.41) is 8.43. The SMILES string of the molecule is CCCCOc1cc(/C=C/c2ccc(OC)cc2)nnc1OCCCC. The monoisotopic (exact) mass is 356 g/mol. The first-order chi connectivity index (χ1) is 12.8. The van der Waals surface area contributed by atoms with Crippen molar-refractivity contribution < 1.29 is 14.2 Å². The average Bonchev–Trinajstić information content (AvgIpc) is 2.68. The third-order valence-electron chi connectivity index (χ3n) is 3.80. The molecule has 0 spiro atoms. The summed E-state index contributed by atoms with van der Waals surface area (Å²) in [6.07, 6.45) is 8.02. The zero-order chi connectivity index (χ0) is 18.6. The number of hydrogen-bond acceptors (Lipinski definition) is 5. The van der Waals surface area contributed by atoms with E-state index in [0.717, 1.165) is 42.7 Å². The van der Waals surface area contributed by atoms with Crippen LogP contribution in [-0.4, -0.2) is 30.5 Å². The number of ether oxygens (including phenoxy) is 3. The van der Waals surface area contributed by atoms with Crippen molar-refractivity contribution >= 4 is 12.2 Å². The highest BCUT2D eigenvalue weighted by molar-refractivity contribution is 5.68. The largest absolute Gasteiger partial charge is 0.497 e. The molecule has 1 aromatic carbocycles. The van der Waals surface area contributed by atoms with Gasteiger partial charge in [0.05, 0.1) is 26.0 Å². The molecule has 0 saturated carbocycles. The molecule has 0 N–H and O–H groups in total. The van der Waals surface area contributed by atoms with E-state index in [9.17, 15) is 0 Å². The Kier molecular flexibility index (Phi) is 8.46. The molecule has 2 rings (SSSR count). The number of nitrogens with zero attached hydrogens (tertiary/aromatic N) is 2. The van der Waals surface area contributed by atoms with Crippen LogP contribution in [0.25, 0.3) is 12.2 Å². The molecule has 0 aliphatic heterocycles. The van der Waals surface area contributed by atoms with Crippen molar-refractivity contribution in [1.29, 1.82) is 0 Å². The van der Waals surface area contributed by atoms with Gasteiger partial charge < -0.3 is 14.2 Å². The number of rotatable bonds is 11. The van der Waals surface area contributed by atoms with E-state index >= 15 is 0 Å². The maximum absolute atomic E-state index is 5.85. The highest BCUT2D eigenvalue weighted by atomic mass is 16.5. The molecule has 1 heterocycles. The predicted molar refractivity (Wildman–Crippen MR) is 105 cm³/mol. The molecule has 0 bridgehead atoms. The number of benzene rings is 1. The maximum Gasteiger partial charge on any atom is 0.276 e. The molecule has 0 aliphatic carbocycles. The molecule has 140 valence electrons. The van der Waals surface area contributed by atoms with E-state index in [0.29, 0.717) is 24.8 Å². The summed E-state index contributed by atoms with van der Waals surface area (Å²) in [4.78, 5) is 0. The maximum atomic E-state index is 5.85. The van der Waals surface area contributed by atoms with Crippen LogP contribution in [0, 0.1) is 0 Å². The Morgan fingerprint density at radius 1 is 0.885 bits per heavy atom. The first-order valence-electron chi connectivity index (χ1n) is 9.22. The van der Waals surface area contributed by atoms with E-state index in [2.05, 4.69) is 24.0 Å². The summed E-state index contributed by atoms with van der Waals surface area (Å²) in [5.74, 6) is 1.96. The van der Waals surface area contributed by atoms with E-state index in [1.54, 1.807) is 7.11 Å². The van der Waals surface area contributed by atoms with Gasteiger partial charge in [0.2, 0.25) is 0 Å². The summed E-state index contributed by atoms with van der Waals surface area (Å²) in [7, 11) is 1.66. The van der Waals surface area contributed by atoms with E-state index in [1.807, 2.05) is 42.5 Å². The van der Waals surface area contributed by atoms with Crippen LogP contribution in [0.5, 0.6) is 17.4 Å². The van der Waals surface area contributed by atoms with Crippen LogP contribution < -0.4 is 14.2 Å². The minimum absolute atomic E-state index is 0.469. The Labute approximate surface area is 156 Å². The van der Waals surface area contributed by atoms with E-state index in [-0.39, 0.29) is 0 Å². The van der Waals surface area contributed by atoms with Gasteiger partial charge in [0, 0.05) is 6.07 Å². The molecule has 0 aliphatic rings. The zero-order valence-corrected chi connectivity index (χ0v) is 15.9. The first-order valence-corrected chi connectivity index (χ1v) is 9.22. The first kappa shape index (κ1) is 19.8. The molecular weight excluding hydrogens is 328 g/mol. The van der Waals surface area contributed by atoms with Crippen LogP contribution in [0.3, 0.4) is 0 Å². The topological polar surface area (TPSA) is 53.5 Å². The summed E-state index contributed by atoms with van der Waals surface area (Å²) in [6.45, 7) is 5.53.